The predicted octanol–water partition coefficient (Wildman–Crippen LogP) is 2.91. The van der Waals surface area contributed by atoms with Crippen LogP contribution in [-0.2, 0) is 0 Å². The summed E-state index contributed by atoms with van der Waals surface area (Å²) in [4.78, 5) is 11.7. The van der Waals surface area contributed by atoms with E-state index in [9.17, 15) is 5.21 Å². The smallest absolute Gasteiger partial charge is 0.176 e. The lowest BCUT2D eigenvalue weighted by molar-refractivity contribution is 0.203. The van der Waals surface area contributed by atoms with Crippen molar-refractivity contribution >= 4 is 16.7 Å². The Labute approximate surface area is 125 Å². The maximum Gasteiger partial charge on any atom is 0.176 e. The highest BCUT2D eigenvalue weighted by molar-refractivity contribution is 5.84. The first-order valence-electron chi connectivity index (χ1n) is 6.80. The number of nitrogens with one attached hydrogen (secondary N) is 1. The number of H-pyrrole nitrogens is 1. The van der Waals surface area contributed by atoms with E-state index in [1.54, 1.807) is 24.5 Å². The highest BCUT2D eigenvalue weighted by Crippen LogP contribution is 2.27. The van der Waals surface area contributed by atoms with Crippen LogP contribution < -0.4 is 5.73 Å². The van der Waals surface area contributed by atoms with Gasteiger partial charge in [0.15, 0.2) is 5.82 Å². The largest absolute Gasteiger partial charge is 0.426 e. The number of imidazole rings is 2. The van der Waals surface area contributed by atoms with Crippen LogP contribution in [0.2, 0.25) is 0 Å². The van der Waals surface area contributed by atoms with Gasteiger partial charge in [-0.15, -0.1) is 0 Å². The number of fused-ring (bicyclic) bond motifs is 1. The minimum atomic E-state index is 0.478. The van der Waals surface area contributed by atoms with Crippen LogP contribution in [0.3, 0.4) is 0 Å². The van der Waals surface area contributed by atoms with Gasteiger partial charge >= 0.3 is 0 Å². The fourth-order valence-corrected chi connectivity index (χ4v) is 2.45. The van der Waals surface area contributed by atoms with Crippen LogP contribution in [0.25, 0.3) is 33.8 Å². The molecule has 0 fully saturated rings. The Morgan fingerprint density at radius 1 is 1.05 bits per heavy atom. The molecule has 0 amide bonds. The van der Waals surface area contributed by atoms with Crippen LogP contribution in [0.1, 0.15) is 0 Å². The van der Waals surface area contributed by atoms with Crippen molar-refractivity contribution in [3.05, 3.63) is 54.9 Å². The number of hydrogen-bond acceptors (Lipinski definition) is 4. The Kier molecular flexibility index (Phi) is 2.62. The molecule has 22 heavy (non-hydrogen) atoms. The lowest BCUT2D eigenvalue weighted by Crippen LogP contribution is -1.94. The quantitative estimate of drug-likeness (QED) is 0.391. The number of nitrogens with two attached hydrogens (primary N) is 1. The van der Waals surface area contributed by atoms with Crippen molar-refractivity contribution in [3.8, 4) is 22.8 Å². The molecule has 0 atom stereocenters. The molecule has 2 heterocycles. The third-order valence-electron chi connectivity index (χ3n) is 3.57. The van der Waals surface area contributed by atoms with E-state index in [2.05, 4.69) is 15.0 Å². The topological polar surface area (TPSA) is 92.8 Å². The highest BCUT2D eigenvalue weighted by Gasteiger charge is 2.13. The van der Waals surface area contributed by atoms with E-state index in [1.807, 2.05) is 30.3 Å². The molecule has 0 unspecified atom stereocenters. The zero-order valence-corrected chi connectivity index (χ0v) is 11.6. The maximum absolute atomic E-state index is 10.4. The standard InChI is InChI=1S/C16H13N5O/c17-12-4-1-10(2-5-12)16-20-13-6-3-11(9-14(13)21(16)22)15-18-7-8-19-15/h1-9,22H,17H2,(H,18,19). The van der Waals surface area contributed by atoms with Gasteiger partial charge in [0, 0.05) is 29.2 Å². The molecule has 4 N–H and O–H groups in total. The third-order valence-corrected chi connectivity index (χ3v) is 3.57. The molecule has 2 aromatic carbocycles. The van der Waals surface area contributed by atoms with Gasteiger partial charge in [-0.25, -0.2) is 9.97 Å². The highest BCUT2D eigenvalue weighted by atomic mass is 16.5. The molecule has 6 heteroatoms. The summed E-state index contributed by atoms with van der Waals surface area (Å²) in [7, 11) is 0. The van der Waals surface area contributed by atoms with Crippen molar-refractivity contribution in [3.63, 3.8) is 0 Å². The molecule has 0 aliphatic heterocycles. The SMILES string of the molecule is Nc1ccc(-c2nc3ccc(-c4ncc[nH]4)cc3n2O)cc1. The first-order valence-corrected chi connectivity index (χ1v) is 6.80. The average Bonchev–Trinajstić information content (AvgIpc) is 3.17. The van der Waals surface area contributed by atoms with Crippen LogP contribution in [0, 0.1) is 0 Å². The number of nitrogens with zero attached hydrogens (tertiary/aromatic N) is 3. The molecule has 2 aromatic heterocycles. The molecule has 0 radical (unpaired) electrons. The number of benzene rings is 2. The lowest BCUT2D eigenvalue weighted by atomic mass is 10.2. The fraction of sp³-hybridized carbons (Fsp3) is 0. The number of rotatable bonds is 2. The number of anilines is 1. The van der Waals surface area contributed by atoms with Gasteiger partial charge in [-0.05, 0) is 42.5 Å². The van der Waals surface area contributed by atoms with Crippen molar-refractivity contribution in [1.29, 1.82) is 0 Å². The zero-order chi connectivity index (χ0) is 15.1. The van der Waals surface area contributed by atoms with Gasteiger partial charge in [-0.1, -0.05) is 0 Å². The van der Waals surface area contributed by atoms with Crippen LogP contribution in [0.15, 0.2) is 54.9 Å². The van der Waals surface area contributed by atoms with Crippen LogP contribution in [0.5, 0.6) is 0 Å². The second kappa shape index (κ2) is 4.63. The minimum Gasteiger partial charge on any atom is -0.426 e. The van der Waals surface area contributed by atoms with E-state index in [4.69, 9.17) is 5.73 Å². The molecule has 0 bridgehead atoms. The Morgan fingerprint density at radius 3 is 2.55 bits per heavy atom. The first kappa shape index (κ1) is 12.5. The number of hydrogen-bond donors (Lipinski definition) is 3. The summed E-state index contributed by atoms with van der Waals surface area (Å²) in [6.45, 7) is 0. The maximum atomic E-state index is 10.4. The summed E-state index contributed by atoms with van der Waals surface area (Å²) in [5.41, 5.74) is 9.39. The summed E-state index contributed by atoms with van der Waals surface area (Å²) in [6.07, 6.45) is 3.45. The fourth-order valence-electron chi connectivity index (χ4n) is 2.45. The van der Waals surface area contributed by atoms with Crippen molar-refractivity contribution in [2.45, 2.75) is 0 Å². The molecule has 4 aromatic rings. The molecule has 0 saturated heterocycles. The van der Waals surface area contributed by atoms with E-state index in [-0.39, 0.29) is 0 Å². The molecule has 0 aliphatic carbocycles. The van der Waals surface area contributed by atoms with Gasteiger partial charge in [0.2, 0.25) is 0 Å². The molecular formula is C16H13N5O. The second-order valence-electron chi connectivity index (χ2n) is 5.01. The second-order valence-corrected chi connectivity index (χ2v) is 5.01. The van der Waals surface area contributed by atoms with Gasteiger partial charge < -0.3 is 15.9 Å². The number of aromatic amines is 1. The Balaban J connectivity index is 1.88. The summed E-state index contributed by atoms with van der Waals surface area (Å²) in [6, 6.07) is 12.9. The Morgan fingerprint density at radius 2 is 1.82 bits per heavy atom. The van der Waals surface area contributed by atoms with Crippen molar-refractivity contribution in [2.75, 3.05) is 5.73 Å². The van der Waals surface area contributed by atoms with Crippen molar-refractivity contribution < 1.29 is 5.21 Å². The van der Waals surface area contributed by atoms with Crippen LogP contribution in [0.4, 0.5) is 5.69 Å². The monoisotopic (exact) mass is 291 g/mol. The zero-order valence-electron chi connectivity index (χ0n) is 11.6. The molecule has 0 aliphatic rings. The summed E-state index contributed by atoms with van der Waals surface area (Å²) in [5.74, 6) is 1.23. The average molecular weight is 291 g/mol. The molecular weight excluding hydrogens is 278 g/mol. The van der Waals surface area contributed by atoms with Gasteiger partial charge in [0.05, 0.1) is 5.52 Å². The molecule has 4 rings (SSSR count). The van der Waals surface area contributed by atoms with Gasteiger partial charge in [0.25, 0.3) is 0 Å². The normalized spacial score (nSPS) is 11.1. The summed E-state index contributed by atoms with van der Waals surface area (Å²) < 4.78 is 1.09. The Hall–Kier alpha value is -3.28. The van der Waals surface area contributed by atoms with Crippen LogP contribution in [-0.4, -0.2) is 24.9 Å². The number of aromatic nitrogens is 4. The first-order chi connectivity index (χ1) is 10.7. The number of nitrogen functional groups attached to an aromatic ring is 1. The molecule has 0 spiro atoms. The Bertz CT molecular complexity index is 939. The molecule has 108 valence electrons. The third kappa shape index (κ3) is 1.89. The predicted molar refractivity (Wildman–Crippen MR) is 84.3 cm³/mol. The lowest BCUT2D eigenvalue weighted by Gasteiger charge is -2.02. The van der Waals surface area contributed by atoms with E-state index < -0.39 is 0 Å². The van der Waals surface area contributed by atoms with Gasteiger partial charge in [0.1, 0.15) is 11.3 Å². The van der Waals surface area contributed by atoms with Gasteiger partial charge in [-0.2, -0.15) is 4.73 Å². The van der Waals surface area contributed by atoms with E-state index in [0.29, 0.717) is 22.5 Å². The van der Waals surface area contributed by atoms with Crippen molar-refractivity contribution in [1.82, 2.24) is 19.7 Å². The summed E-state index contributed by atoms with van der Waals surface area (Å²) >= 11 is 0. The molecule has 6 nitrogen and oxygen atoms in total. The van der Waals surface area contributed by atoms with Crippen LogP contribution >= 0.6 is 0 Å². The van der Waals surface area contributed by atoms with Gasteiger partial charge in [-0.3, -0.25) is 0 Å². The van der Waals surface area contributed by atoms with E-state index >= 15 is 0 Å². The van der Waals surface area contributed by atoms with Crippen molar-refractivity contribution in [2.24, 2.45) is 0 Å². The van der Waals surface area contributed by atoms with E-state index in [1.165, 1.54) is 0 Å². The minimum absolute atomic E-state index is 0.478. The van der Waals surface area contributed by atoms with E-state index in [0.717, 1.165) is 21.7 Å². The summed E-state index contributed by atoms with van der Waals surface area (Å²) in [5, 5.41) is 10.4. The molecule has 0 saturated carbocycles.